The van der Waals surface area contributed by atoms with Gasteiger partial charge in [-0.25, -0.2) is 12.6 Å². The van der Waals surface area contributed by atoms with Gasteiger partial charge in [-0.3, -0.25) is 0 Å². The summed E-state index contributed by atoms with van der Waals surface area (Å²) in [7, 11) is 0. The van der Waals surface area contributed by atoms with E-state index in [2.05, 4.69) is 0 Å². The van der Waals surface area contributed by atoms with E-state index in [-0.39, 0.29) is 68.9 Å². The van der Waals surface area contributed by atoms with Gasteiger partial charge in [-0.15, -0.1) is 0 Å². The van der Waals surface area contributed by atoms with Crippen LogP contribution in [0, 0.1) is 14.1 Å². The van der Waals surface area contributed by atoms with Crippen LogP contribution in [0.15, 0.2) is 0 Å². The van der Waals surface area contributed by atoms with Crippen molar-refractivity contribution in [2.24, 2.45) is 0 Å². The minimum absolute atomic E-state index is 0. The van der Waals surface area contributed by atoms with Crippen LogP contribution in [0.3, 0.4) is 0 Å². The van der Waals surface area contributed by atoms with Crippen molar-refractivity contribution in [3.63, 3.8) is 0 Å². The molecule has 0 heterocycles. The van der Waals surface area contributed by atoms with E-state index in [1.165, 1.54) is 0 Å². The first-order valence-corrected chi connectivity index (χ1v) is 3.28. The Morgan fingerprint density at radius 2 is 1.17 bits per heavy atom. The van der Waals surface area contributed by atoms with Crippen LogP contribution in [-0.2, 0) is 0 Å². The summed E-state index contributed by atoms with van der Waals surface area (Å²) in [6, 6.07) is 0. The van der Waals surface area contributed by atoms with Crippen molar-refractivity contribution in [1.29, 1.82) is 0 Å². The molecule has 0 rings (SSSR count). The Morgan fingerprint density at radius 1 is 1.17 bits per heavy atom. The minimum Gasteiger partial charge on any atom is -0.228 e. The minimum atomic E-state index is -5.38. The third-order valence-electron chi connectivity index (χ3n) is 0. The molecule has 1 radical (unpaired) electrons. The molecule has 0 aromatic heterocycles. The second-order valence-corrected chi connectivity index (χ2v) is 2.06. The van der Waals surface area contributed by atoms with Crippen LogP contribution in [0.4, 0.5) is 0 Å². The molecule has 0 fully saturated rings. The van der Waals surface area contributed by atoms with Crippen molar-refractivity contribution in [1.82, 2.24) is 0 Å². The van der Waals surface area contributed by atoms with Crippen LogP contribution in [-0.4, -0.2) is 73.1 Å². The Hall–Kier alpha value is 2.37. The zero-order chi connectivity index (χ0) is 4.50. The third-order valence-corrected chi connectivity index (χ3v) is 0. The van der Waals surface area contributed by atoms with Crippen LogP contribution < -0.4 is 12.6 Å². The Kier molecular flexibility index (Phi) is 7.98. The largest absolute Gasteiger partial charge is 0.265 e. The maximum Gasteiger partial charge on any atom is 0.265 e. The fraction of sp³-hybridized carbons (Fsp3) is 0. The van der Waals surface area contributed by atoms with Gasteiger partial charge in [0.1, 0.15) is 0 Å². The van der Waals surface area contributed by atoms with E-state index in [1.807, 2.05) is 0 Å². The first-order valence-electron chi connectivity index (χ1n) is 0.632. The molecule has 6 heteroatoms. The Bertz CT molecular complexity index is 23.0. The predicted octanol–water partition coefficient (Wildman–Crippen LogP) is -4.50. The first kappa shape index (κ1) is 11.2. The summed E-state index contributed by atoms with van der Waals surface area (Å²) >= 11 is -5.38. The van der Waals surface area contributed by atoms with Crippen molar-refractivity contribution >= 4 is 68.9 Å². The molecule has 0 aromatic carbocycles. The van der Waals surface area contributed by atoms with E-state index in [4.69, 9.17) is 16.8 Å². The summed E-state index contributed by atoms with van der Waals surface area (Å²) in [5.41, 5.74) is 0. The van der Waals surface area contributed by atoms with E-state index in [1.54, 1.807) is 0 Å². The van der Waals surface area contributed by atoms with Crippen LogP contribution in [0.1, 0.15) is 0 Å². The van der Waals surface area contributed by atoms with Gasteiger partial charge in [0.25, 0.3) is 14.1 Å². The molecule has 0 saturated carbocycles. The molecule has 0 aliphatic heterocycles. The van der Waals surface area contributed by atoms with Gasteiger partial charge in [-0.1, -0.05) is 0 Å². The summed E-state index contributed by atoms with van der Waals surface area (Å²) in [6.07, 6.45) is 0. The standard InChI is InChI=1S/BrHO4.Cs/c2-1(3,4)5;/h2H;. The fourth-order valence-corrected chi connectivity index (χ4v) is 0. The van der Waals surface area contributed by atoms with Crippen LogP contribution in [0.5, 0.6) is 0 Å². The average molecular weight is 278 g/mol. The summed E-state index contributed by atoms with van der Waals surface area (Å²) in [6.45, 7) is 0. The number of rotatable bonds is 0. The van der Waals surface area contributed by atoms with Gasteiger partial charge in [0.05, 0.1) is 0 Å². The molecule has 0 amide bonds. The van der Waals surface area contributed by atoms with Crippen molar-refractivity contribution in [3.8, 4) is 0 Å². The molecule has 0 aliphatic rings. The maximum absolute atomic E-state index is 8.69. The van der Waals surface area contributed by atoms with Gasteiger partial charge in [0.2, 0.25) is 0 Å². The molecule has 0 bridgehead atoms. The first-order chi connectivity index (χ1) is 2.00. The van der Waals surface area contributed by atoms with Gasteiger partial charge < -0.3 is 0 Å². The predicted molar refractivity (Wildman–Crippen MR) is 7.97 cm³/mol. The summed E-state index contributed by atoms with van der Waals surface area (Å²) in [5, 5.41) is 0. The van der Waals surface area contributed by atoms with Crippen molar-refractivity contribution < 1.29 is 30.9 Å². The van der Waals surface area contributed by atoms with Gasteiger partial charge in [0.15, 0.2) is 0 Å². The van der Waals surface area contributed by atoms with Crippen molar-refractivity contribution in [2.75, 3.05) is 0 Å². The molecule has 6 heavy (non-hydrogen) atoms. The average Bonchev–Trinajstić information content (AvgIpc) is 0.722. The molecule has 0 atom stereocenters. The van der Waals surface area contributed by atoms with Crippen molar-refractivity contribution in [2.45, 2.75) is 0 Å². The number of hydrogen-bond donors (Lipinski definition) is 1. The molecule has 0 aliphatic carbocycles. The van der Waals surface area contributed by atoms with E-state index in [9.17, 15) is 0 Å². The molecular formula is HBrCsO4. The molecule has 0 saturated heterocycles. The molecule has 1 N–H and O–H groups in total. The van der Waals surface area contributed by atoms with Gasteiger partial charge in [0, 0.05) is 73.1 Å². The second kappa shape index (κ2) is 4.27. The second-order valence-electron chi connectivity index (χ2n) is 0.396. The van der Waals surface area contributed by atoms with Gasteiger partial charge in [-0.05, 0) is 0 Å². The van der Waals surface area contributed by atoms with Crippen LogP contribution >= 0.6 is 0 Å². The summed E-state index contributed by atoms with van der Waals surface area (Å²) in [5.74, 6) is 0. The Balaban J connectivity index is 0. The van der Waals surface area contributed by atoms with E-state index >= 15 is 0 Å². The molecule has 33 valence electrons. The monoisotopic (exact) mass is 277 g/mol. The van der Waals surface area contributed by atoms with E-state index < -0.39 is 14.1 Å². The maximum atomic E-state index is 8.69. The number of hydrogen-bond acceptors (Lipinski definition) is 4. The molecule has 0 unspecified atom stereocenters. The van der Waals surface area contributed by atoms with Crippen LogP contribution in [0.25, 0.3) is 0 Å². The summed E-state index contributed by atoms with van der Waals surface area (Å²) in [4.78, 5) is 0. The quantitative estimate of drug-likeness (QED) is 0.483. The van der Waals surface area contributed by atoms with Crippen LogP contribution in [0.2, 0.25) is 0 Å². The van der Waals surface area contributed by atoms with Gasteiger partial charge in [-0.2, -0.15) is 0 Å². The topological polar surface area (TPSA) is 89.4 Å². The van der Waals surface area contributed by atoms with Gasteiger partial charge >= 0.3 is 0 Å². The fourth-order valence-electron chi connectivity index (χ4n) is 0. The zero-order valence-electron chi connectivity index (χ0n) is 3.05. The van der Waals surface area contributed by atoms with E-state index in [0.717, 1.165) is 0 Å². The molecule has 4 nitrogen and oxygen atoms in total. The normalized spacial score (nSPS) is 10.0. The SMILES string of the molecule is [Cs].[O-][Br+3]([O-])([O-])O. The smallest absolute Gasteiger partial charge is 0.228 e. The molecular weight excluding hydrogens is 277 g/mol. The van der Waals surface area contributed by atoms with E-state index in [0.29, 0.717) is 0 Å². The Labute approximate surface area is 97.1 Å². The molecule has 0 aromatic rings. The third kappa shape index (κ3) is 32.7. The van der Waals surface area contributed by atoms with Crippen molar-refractivity contribution in [3.05, 3.63) is 0 Å². The number of halogens is 1. The Morgan fingerprint density at radius 3 is 1.17 bits per heavy atom. The zero-order valence-corrected chi connectivity index (χ0v) is 10.9. The summed E-state index contributed by atoms with van der Waals surface area (Å²) < 4.78 is 33.1. The molecule has 0 spiro atoms.